The maximum atomic E-state index is 8.95. The van der Waals surface area contributed by atoms with Gasteiger partial charge >= 0.3 is 0 Å². The molecule has 1 N–H and O–H groups in total. The number of quaternary nitrogens is 1. The molecule has 0 fully saturated rings. The van der Waals surface area contributed by atoms with E-state index in [1.54, 1.807) is 0 Å². The average molecular weight is 429 g/mol. The molecule has 4 heteroatoms. The molecule has 0 saturated carbocycles. The van der Waals surface area contributed by atoms with Crippen molar-refractivity contribution in [2.75, 3.05) is 47.0 Å². The second-order valence-corrected chi connectivity index (χ2v) is 6.90. The minimum atomic E-state index is 0. The van der Waals surface area contributed by atoms with Crippen molar-refractivity contribution in [3.05, 3.63) is 0 Å². The van der Waals surface area contributed by atoms with Crippen LogP contribution in [0.3, 0.4) is 0 Å². The lowest BCUT2D eigenvalue weighted by atomic mass is 10.1. The third-order valence-electron chi connectivity index (χ3n) is 4.19. The summed E-state index contributed by atoms with van der Waals surface area (Å²) in [7, 11) is 4.28. The summed E-state index contributed by atoms with van der Waals surface area (Å²) in [6.45, 7) is 6.03. The molecule has 0 aliphatic heterocycles. The van der Waals surface area contributed by atoms with Crippen molar-refractivity contribution in [2.24, 2.45) is 0 Å². The Kier molecular flexibility index (Phi) is 20.3. The molecule has 0 aliphatic carbocycles. The van der Waals surface area contributed by atoms with Crippen LogP contribution < -0.4 is 24.0 Å². The van der Waals surface area contributed by atoms with Gasteiger partial charge in [-0.25, -0.2) is 0 Å². The summed E-state index contributed by atoms with van der Waals surface area (Å²) in [5.41, 5.74) is 0. The molecule has 0 atom stereocenters. The second-order valence-electron chi connectivity index (χ2n) is 6.90. The van der Waals surface area contributed by atoms with Crippen molar-refractivity contribution in [3.63, 3.8) is 0 Å². The van der Waals surface area contributed by atoms with E-state index in [0.29, 0.717) is 0 Å². The Hall–Kier alpha value is 0.610. The summed E-state index contributed by atoms with van der Waals surface area (Å²) >= 11 is 0. The number of aliphatic hydroxyl groups is 1. The lowest BCUT2D eigenvalue weighted by Crippen LogP contribution is -3.00. The molecule has 0 radical (unpaired) electrons. The quantitative estimate of drug-likeness (QED) is 0.225. The minimum Gasteiger partial charge on any atom is -1.00 e. The highest BCUT2D eigenvalue weighted by Gasteiger charge is 2.12. The van der Waals surface area contributed by atoms with Crippen LogP contribution in [0.2, 0.25) is 0 Å². The standard InChI is InChI=1S/C18H40NO2.HI/c1-4-5-6-7-8-9-10-11-12-13-17-21-18-15-19(2,3)14-16-20;/h20H,4-18H2,1-3H3;1H/q+1;/p-1. The number of ether oxygens (including phenoxy) is 1. The van der Waals surface area contributed by atoms with Crippen molar-refractivity contribution in [2.45, 2.75) is 71.1 Å². The summed E-state index contributed by atoms with van der Waals surface area (Å²) < 4.78 is 6.53. The number of hydrogen-bond acceptors (Lipinski definition) is 2. The fourth-order valence-electron chi connectivity index (χ4n) is 2.49. The normalized spacial score (nSPS) is 11.5. The van der Waals surface area contributed by atoms with Gasteiger partial charge in [0, 0.05) is 6.61 Å². The van der Waals surface area contributed by atoms with Crippen LogP contribution in [0.15, 0.2) is 0 Å². The Morgan fingerprint density at radius 1 is 0.727 bits per heavy atom. The lowest BCUT2D eigenvalue weighted by Gasteiger charge is -2.28. The molecule has 136 valence electrons. The Balaban J connectivity index is 0. The van der Waals surface area contributed by atoms with Crippen molar-refractivity contribution >= 4 is 0 Å². The fraction of sp³-hybridized carbons (Fsp3) is 1.00. The highest BCUT2D eigenvalue weighted by atomic mass is 127. The first-order valence-electron chi connectivity index (χ1n) is 9.13. The van der Waals surface area contributed by atoms with Crippen LogP contribution in [0.25, 0.3) is 0 Å². The summed E-state index contributed by atoms with van der Waals surface area (Å²) in [4.78, 5) is 0. The molecule has 0 bridgehead atoms. The summed E-state index contributed by atoms with van der Waals surface area (Å²) in [6.07, 6.45) is 13.7. The molecular formula is C18H40INO2. The van der Waals surface area contributed by atoms with Gasteiger partial charge < -0.3 is 38.3 Å². The first-order chi connectivity index (χ1) is 10.1. The highest BCUT2D eigenvalue weighted by Crippen LogP contribution is 2.10. The van der Waals surface area contributed by atoms with Crippen LogP contribution in [-0.4, -0.2) is 56.6 Å². The van der Waals surface area contributed by atoms with Gasteiger partial charge in [0.25, 0.3) is 0 Å². The zero-order valence-corrected chi connectivity index (χ0v) is 17.4. The van der Waals surface area contributed by atoms with Crippen molar-refractivity contribution < 1.29 is 38.3 Å². The minimum absolute atomic E-state index is 0. The average Bonchev–Trinajstić information content (AvgIpc) is 2.44. The van der Waals surface area contributed by atoms with E-state index in [-0.39, 0.29) is 30.6 Å². The number of halogens is 1. The molecular weight excluding hydrogens is 389 g/mol. The molecule has 0 unspecified atom stereocenters. The highest BCUT2D eigenvalue weighted by molar-refractivity contribution is 4.47. The van der Waals surface area contributed by atoms with Crippen LogP contribution in [0.1, 0.15) is 71.1 Å². The number of aliphatic hydroxyl groups excluding tert-OH is 1. The monoisotopic (exact) mass is 429 g/mol. The lowest BCUT2D eigenvalue weighted by molar-refractivity contribution is -0.891. The molecule has 22 heavy (non-hydrogen) atoms. The van der Waals surface area contributed by atoms with Crippen LogP contribution in [0.4, 0.5) is 0 Å². The van der Waals surface area contributed by atoms with E-state index in [2.05, 4.69) is 21.0 Å². The van der Waals surface area contributed by atoms with Crippen LogP contribution in [0.5, 0.6) is 0 Å². The predicted octanol–water partition coefficient (Wildman–Crippen LogP) is 0.997. The van der Waals surface area contributed by atoms with Gasteiger partial charge in [0.1, 0.15) is 13.1 Å². The van der Waals surface area contributed by atoms with E-state index in [9.17, 15) is 0 Å². The Morgan fingerprint density at radius 3 is 1.73 bits per heavy atom. The van der Waals surface area contributed by atoms with E-state index in [1.165, 1.54) is 64.2 Å². The number of hydrogen-bond donors (Lipinski definition) is 1. The van der Waals surface area contributed by atoms with Gasteiger partial charge in [-0.3, -0.25) is 0 Å². The van der Waals surface area contributed by atoms with Gasteiger partial charge in [-0.05, 0) is 6.42 Å². The van der Waals surface area contributed by atoms with E-state index in [0.717, 1.165) is 30.8 Å². The molecule has 0 aromatic heterocycles. The molecule has 0 aliphatic rings. The largest absolute Gasteiger partial charge is 1.00 e. The molecule has 0 aromatic carbocycles. The zero-order chi connectivity index (χ0) is 15.8. The second kappa shape index (κ2) is 18.0. The molecule has 0 amide bonds. The first-order valence-corrected chi connectivity index (χ1v) is 9.13. The van der Waals surface area contributed by atoms with Gasteiger partial charge in [-0.15, -0.1) is 0 Å². The summed E-state index contributed by atoms with van der Waals surface area (Å²) in [6, 6.07) is 0. The number of rotatable bonds is 16. The number of likely N-dealkylation sites (N-methyl/N-ethyl adjacent to an activating group) is 1. The van der Waals surface area contributed by atoms with E-state index in [4.69, 9.17) is 9.84 Å². The molecule has 3 nitrogen and oxygen atoms in total. The Bertz CT molecular complexity index is 213. The number of unbranched alkanes of at least 4 members (excludes halogenated alkanes) is 9. The SMILES string of the molecule is CCCCCCCCCCCCOCC[N+](C)(C)CCO.[I-]. The predicted molar refractivity (Wildman–Crippen MR) is 91.6 cm³/mol. The maximum absolute atomic E-state index is 8.95. The maximum Gasteiger partial charge on any atom is 0.102 e. The first kappa shape index (κ1) is 24.9. The molecule has 0 heterocycles. The van der Waals surface area contributed by atoms with Crippen LogP contribution in [0, 0.1) is 0 Å². The van der Waals surface area contributed by atoms with E-state index < -0.39 is 0 Å². The summed E-state index contributed by atoms with van der Waals surface area (Å²) in [5.74, 6) is 0. The molecule has 0 spiro atoms. The Labute approximate surface area is 156 Å². The van der Waals surface area contributed by atoms with Crippen LogP contribution in [-0.2, 0) is 4.74 Å². The van der Waals surface area contributed by atoms with E-state index in [1.807, 2.05) is 0 Å². The van der Waals surface area contributed by atoms with Gasteiger partial charge in [0.15, 0.2) is 0 Å². The van der Waals surface area contributed by atoms with Crippen molar-refractivity contribution in [3.8, 4) is 0 Å². The molecule has 0 aromatic rings. The number of nitrogens with zero attached hydrogens (tertiary/aromatic N) is 1. The van der Waals surface area contributed by atoms with Gasteiger partial charge in [-0.1, -0.05) is 64.7 Å². The van der Waals surface area contributed by atoms with Gasteiger partial charge in [-0.2, -0.15) is 0 Å². The summed E-state index contributed by atoms with van der Waals surface area (Å²) in [5, 5.41) is 8.95. The van der Waals surface area contributed by atoms with Crippen molar-refractivity contribution in [1.29, 1.82) is 0 Å². The van der Waals surface area contributed by atoms with E-state index >= 15 is 0 Å². The van der Waals surface area contributed by atoms with Gasteiger partial charge in [0.2, 0.25) is 0 Å². The van der Waals surface area contributed by atoms with Gasteiger partial charge in [0.05, 0.1) is 27.3 Å². The van der Waals surface area contributed by atoms with Crippen molar-refractivity contribution in [1.82, 2.24) is 0 Å². The fourth-order valence-corrected chi connectivity index (χ4v) is 2.49. The molecule has 0 saturated heterocycles. The third kappa shape index (κ3) is 18.7. The van der Waals surface area contributed by atoms with Crippen LogP contribution >= 0.6 is 0 Å². The third-order valence-corrected chi connectivity index (χ3v) is 4.19. The molecule has 0 rings (SSSR count). The topological polar surface area (TPSA) is 29.5 Å². The smallest absolute Gasteiger partial charge is 0.102 e. The Morgan fingerprint density at radius 2 is 1.23 bits per heavy atom. The zero-order valence-electron chi connectivity index (χ0n) is 15.3.